The number of alkyl halides is 3. The molecule has 1 fully saturated rings. The summed E-state index contributed by atoms with van der Waals surface area (Å²) in [5.41, 5.74) is 7.40. The predicted octanol–water partition coefficient (Wildman–Crippen LogP) is 5.31. The number of benzene rings is 2. The fourth-order valence-corrected chi connectivity index (χ4v) is 3.89. The maximum absolute atomic E-state index is 13.2. The lowest BCUT2D eigenvalue weighted by Gasteiger charge is -2.21. The van der Waals surface area contributed by atoms with E-state index in [1.165, 1.54) is 12.8 Å². The van der Waals surface area contributed by atoms with Gasteiger partial charge in [-0.2, -0.15) is 13.2 Å². The van der Waals surface area contributed by atoms with Gasteiger partial charge in [-0.25, -0.2) is 9.97 Å². The van der Waals surface area contributed by atoms with Gasteiger partial charge in [0.25, 0.3) is 0 Å². The topological polar surface area (TPSA) is 67.1 Å². The largest absolute Gasteiger partial charge is 0.416 e. The Morgan fingerprint density at radius 3 is 2.50 bits per heavy atom. The van der Waals surface area contributed by atoms with Crippen LogP contribution >= 0.6 is 0 Å². The van der Waals surface area contributed by atoms with Crippen molar-refractivity contribution in [1.29, 1.82) is 0 Å². The maximum atomic E-state index is 13.2. The van der Waals surface area contributed by atoms with E-state index in [2.05, 4.69) is 32.3 Å². The standard InChI is InChI=1S/C22H24F3N5/c1-13(15-9-16(22(23,24)25)11-17(26)10-15)27-21-19-12-18(30-7-3-4-8-30)5-6-20(19)28-14(2)29-21/h5-6,9-13H,3-4,7-8,26H2,1-2H3,(H,27,28,29)/t13-/m1/s1. The number of nitrogens with one attached hydrogen (secondary N) is 1. The Morgan fingerprint density at radius 1 is 1.07 bits per heavy atom. The van der Waals surface area contributed by atoms with Gasteiger partial charge in [0.15, 0.2) is 0 Å². The van der Waals surface area contributed by atoms with Gasteiger partial charge in [0.2, 0.25) is 0 Å². The summed E-state index contributed by atoms with van der Waals surface area (Å²) in [5.74, 6) is 1.19. The molecule has 2 heterocycles. The number of fused-ring (bicyclic) bond motifs is 1. The van der Waals surface area contributed by atoms with E-state index in [1.54, 1.807) is 19.9 Å². The summed E-state index contributed by atoms with van der Waals surface area (Å²) >= 11 is 0. The molecule has 0 saturated carbocycles. The average Bonchev–Trinajstić information content (AvgIpc) is 3.21. The fourth-order valence-electron chi connectivity index (χ4n) is 3.89. The number of anilines is 3. The molecule has 3 aromatic rings. The van der Waals surface area contributed by atoms with Crippen LogP contribution in [0.4, 0.5) is 30.4 Å². The summed E-state index contributed by atoms with van der Waals surface area (Å²) < 4.78 is 39.6. The second kappa shape index (κ2) is 7.66. The molecule has 8 heteroatoms. The van der Waals surface area contributed by atoms with Crippen molar-refractivity contribution in [3.05, 3.63) is 53.3 Å². The van der Waals surface area contributed by atoms with Crippen molar-refractivity contribution in [1.82, 2.24) is 9.97 Å². The number of halogens is 3. The molecule has 0 unspecified atom stereocenters. The number of nitrogen functional groups attached to an aromatic ring is 1. The van der Waals surface area contributed by atoms with E-state index >= 15 is 0 Å². The highest BCUT2D eigenvalue weighted by molar-refractivity contribution is 5.92. The minimum Gasteiger partial charge on any atom is -0.399 e. The first-order valence-corrected chi connectivity index (χ1v) is 9.98. The number of rotatable bonds is 4. The third kappa shape index (κ3) is 4.13. The SMILES string of the molecule is Cc1nc(N[C@H](C)c2cc(N)cc(C(F)(F)F)c2)c2cc(N3CCCC3)ccc2n1. The highest BCUT2D eigenvalue weighted by Crippen LogP contribution is 2.34. The van der Waals surface area contributed by atoms with Crippen LogP contribution < -0.4 is 16.0 Å². The predicted molar refractivity (Wildman–Crippen MR) is 114 cm³/mol. The molecule has 1 aliphatic rings. The van der Waals surface area contributed by atoms with Crippen LogP contribution in [0.2, 0.25) is 0 Å². The number of hydrogen-bond acceptors (Lipinski definition) is 5. The van der Waals surface area contributed by atoms with E-state index in [0.29, 0.717) is 17.2 Å². The minimum atomic E-state index is -4.45. The van der Waals surface area contributed by atoms with E-state index in [4.69, 9.17) is 5.73 Å². The van der Waals surface area contributed by atoms with Crippen molar-refractivity contribution in [2.24, 2.45) is 0 Å². The molecule has 0 radical (unpaired) electrons. The van der Waals surface area contributed by atoms with Crippen LogP contribution in [0.3, 0.4) is 0 Å². The van der Waals surface area contributed by atoms with Crippen LogP contribution in [0.1, 0.15) is 42.8 Å². The maximum Gasteiger partial charge on any atom is 0.416 e. The third-order valence-corrected chi connectivity index (χ3v) is 5.42. The summed E-state index contributed by atoms with van der Waals surface area (Å²) in [6.07, 6.45) is -2.12. The van der Waals surface area contributed by atoms with Crippen LogP contribution in [0.15, 0.2) is 36.4 Å². The summed E-state index contributed by atoms with van der Waals surface area (Å²) in [7, 11) is 0. The van der Waals surface area contributed by atoms with Crippen molar-refractivity contribution in [3.8, 4) is 0 Å². The Kier molecular flexibility index (Phi) is 5.17. The Hall–Kier alpha value is -3.03. The Labute approximate surface area is 173 Å². The fraction of sp³-hybridized carbons (Fsp3) is 0.364. The first-order valence-electron chi connectivity index (χ1n) is 9.98. The Bertz CT molecular complexity index is 1070. The van der Waals surface area contributed by atoms with Crippen molar-refractivity contribution in [3.63, 3.8) is 0 Å². The lowest BCUT2D eigenvalue weighted by molar-refractivity contribution is -0.137. The molecule has 2 aromatic carbocycles. The van der Waals surface area contributed by atoms with Crippen molar-refractivity contribution in [2.75, 3.05) is 29.0 Å². The molecule has 3 N–H and O–H groups in total. The molecule has 0 spiro atoms. The zero-order valence-corrected chi connectivity index (χ0v) is 16.9. The number of nitrogens with two attached hydrogens (primary N) is 1. The molecule has 0 aliphatic carbocycles. The van der Waals surface area contributed by atoms with E-state index in [-0.39, 0.29) is 5.69 Å². The smallest absolute Gasteiger partial charge is 0.399 e. The third-order valence-electron chi connectivity index (χ3n) is 5.42. The van der Waals surface area contributed by atoms with Crippen molar-refractivity contribution >= 4 is 28.1 Å². The molecule has 1 aliphatic heterocycles. The van der Waals surface area contributed by atoms with Gasteiger partial charge in [0.05, 0.1) is 17.1 Å². The molecule has 158 valence electrons. The highest BCUT2D eigenvalue weighted by atomic mass is 19.4. The number of nitrogens with zero attached hydrogens (tertiary/aromatic N) is 3. The van der Waals surface area contributed by atoms with Gasteiger partial charge in [0, 0.05) is 29.9 Å². The first kappa shape index (κ1) is 20.3. The van der Waals surface area contributed by atoms with Gasteiger partial charge in [-0.3, -0.25) is 0 Å². The summed E-state index contributed by atoms with van der Waals surface area (Å²) in [6.45, 7) is 5.62. The van der Waals surface area contributed by atoms with E-state index in [1.807, 2.05) is 6.07 Å². The quantitative estimate of drug-likeness (QED) is 0.565. The van der Waals surface area contributed by atoms with E-state index in [9.17, 15) is 13.2 Å². The van der Waals surface area contributed by atoms with Gasteiger partial charge in [-0.1, -0.05) is 0 Å². The second-order valence-corrected chi connectivity index (χ2v) is 7.77. The summed E-state index contributed by atoms with van der Waals surface area (Å²) in [6, 6.07) is 9.27. The molecule has 0 amide bonds. The molecular weight excluding hydrogens is 391 g/mol. The van der Waals surface area contributed by atoms with Crippen LogP contribution in [0, 0.1) is 6.92 Å². The number of hydrogen-bond donors (Lipinski definition) is 2. The molecule has 1 aromatic heterocycles. The molecule has 5 nitrogen and oxygen atoms in total. The van der Waals surface area contributed by atoms with Crippen LogP contribution in [0.25, 0.3) is 10.9 Å². The van der Waals surface area contributed by atoms with Gasteiger partial charge in [-0.15, -0.1) is 0 Å². The molecular formula is C22H24F3N5. The van der Waals surface area contributed by atoms with Crippen LogP contribution in [-0.4, -0.2) is 23.1 Å². The molecule has 1 saturated heterocycles. The summed E-state index contributed by atoms with van der Waals surface area (Å²) in [4.78, 5) is 11.4. The Morgan fingerprint density at radius 2 is 1.80 bits per heavy atom. The highest BCUT2D eigenvalue weighted by Gasteiger charge is 2.31. The van der Waals surface area contributed by atoms with E-state index in [0.717, 1.165) is 41.8 Å². The lowest BCUT2D eigenvalue weighted by atomic mass is 10.0. The zero-order chi connectivity index (χ0) is 21.5. The van der Waals surface area contributed by atoms with Crippen molar-refractivity contribution < 1.29 is 13.2 Å². The second-order valence-electron chi connectivity index (χ2n) is 7.77. The van der Waals surface area contributed by atoms with E-state index < -0.39 is 17.8 Å². The normalized spacial score (nSPS) is 15.6. The van der Waals surface area contributed by atoms with Crippen molar-refractivity contribution in [2.45, 2.75) is 38.9 Å². The lowest BCUT2D eigenvalue weighted by Crippen LogP contribution is -2.17. The molecule has 30 heavy (non-hydrogen) atoms. The molecule has 4 rings (SSSR count). The molecule has 1 atom stereocenters. The van der Waals surface area contributed by atoms with Crippen LogP contribution in [0.5, 0.6) is 0 Å². The first-order chi connectivity index (χ1) is 14.2. The average molecular weight is 415 g/mol. The summed E-state index contributed by atoms with van der Waals surface area (Å²) in [5, 5.41) is 4.12. The molecule has 0 bridgehead atoms. The Balaban J connectivity index is 1.70. The number of aryl methyl sites for hydroxylation is 1. The van der Waals surface area contributed by atoms with Gasteiger partial charge in [0.1, 0.15) is 11.6 Å². The monoisotopic (exact) mass is 415 g/mol. The van der Waals surface area contributed by atoms with Gasteiger partial charge in [-0.05, 0) is 68.7 Å². The minimum absolute atomic E-state index is 0.0773. The number of aromatic nitrogens is 2. The zero-order valence-electron chi connectivity index (χ0n) is 16.9. The van der Waals surface area contributed by atoms with Gasteiger partial charge >= 0.3 is 6.18 Å². The van der Waals surface area contributed by atoms with Crippen LogP contribution in [-0.2, 0) is 6.18 Å². The van der Waals surface area contributed by atoms with Gasteiger partial charge < -0.3 is 16.0 Å².